The van der Waals surface area contributed by atoms with Crippen molar-refractivity contribution in [1.29, 1.82) is 0 Å². The maximum atomic E-state index is 10.8. The fourth-order valence-corrected chi connectivity index (χ4v) is 3.23. The second-order valence-electron chi connectivity index (χ2n) is 4.47. The molecule has 1 aromatic heterocycles. The Kier molecular flexibility index (Phi) is 4.36. The minimum atomic E-state index is -0.183. The van der Waals surface area contributed by atoms with Crippen molar-refractivity contribution < 1.29 is 4.79 Å². The van der Waals surface area contributed by atoms with Crippen molar-refractivity contribution in [3.05, 3.63) is 15.5 Å². The van der Waals surface area contributed by atoms with Crippen molar-refractivity contribution in [3.63, 3.8) is 0 Å². The number of rotatable bonds is 4. The number of likely N-dealkylation sites (tertiary alicyclic amines) is 1. The first-order valence-corrected chi connectivity index (χ1v) is 6.94. The molecular formula is C11H16ClN3OS. The Hall–Kier alpha value is -0.650. The lowest BCUT2D eigenvalue weighted by molar-refractivity contribution is -0.119. The van der Waals surface area contributed by atoms with E-state index in [1.807, 2.05) is 6.20 Å². The van der Waals surface area contributed by atoms with Gasteiger partial charge in [0.05, 0.1) is 0 Å². The van der Waals surface area contributed by atoms with Crippen molar-refractivity contribution in [3.8, 4) is 0 Å². The number of carbonyl (C=O) groups excluding carboxylic acids is 1. The summed E-state index contributed by atoms with van der Waals surface area (Å²) >= 11 is 7.33. The normalized spacial score (nSPS) is 18.4. The lowest BCUT2D eigenvalue weighted by Gasteiger charge is -2.30. The first kappa shape index (κ1) is 12.8. The van der Waals surface area contributed by atoms with E-state index >= 15 is 0 Å². The number of piperidine rings is 1. The average molecular weight is 274 g/mol. The number of nitrogens with zero attached hydrogens (tertiary/aromatic N) is 2. The van der Waals surface area contributed by atoms with Crippen LogP contribution in [0.2, 0.25) is 4.47 Å². The third-order valence-electron chi connectivity index (χ3n) is 3.10. The summed E-state index contributed by atoms with van der Waals surface area (Å²) in [7, 11) is 0. The number of hydrogen-bond acceptors (Lipinski definition) is 4. The monoisotopic (exact) mass is 273 g/mol. The van der Waals surface area contributed by atoms with Gasteiger partial charge < -0.3 is 5.73 Å². The van der Waals surface area contributed by atoms with Gasteiger partial charge in [0.2, 0.25) is 5.91 Å². The average Bonchev–Trinajstić information content (AvgIpc) is 2.66. The summed E-state index contributed by atoms with van der Waals surface area (Å²) in [5.41, 5.74) is 5.21. The standard InChI is InChI=1S/C11H16ClN3OS/c12-11-14-6-9(17-11)7-15-3-1-8(2-4-15)5-10(13)16/h6,8H,1-5,7H2,(H2,13,16). The smallest absolute Gasteiger partial charge is 0.217 e. The van der Waals surface area contributed by atoms with Gasteiger partial charge in [-0.05, 0) is 31.8 Å². The number of thiazole rings is 1. The number of aromatic nitrogens is 1. The van der Waals surface area contributed by atoms with E-state index in [-0.39, 0.29) is 5.91 Å². The van der Waals surface area contributed by atoms with Gasteiger partial charge in [-0.3, -0.25) is 9.69 Å². The lowest BCUT2D eigenvalue weighted by Crippen LogP contribution is -2.34. The minimum absolute atomic E-state index is 0.183. The van der Waals surface area contributed by atoms with Gasteiger partial charge in [-0.1, -0.05) is 11.6 Å². The molecule has 1 aromatic rings. The fraction of sp³-hybridized carbons (Fsp3) is 0.636. The van der Waals surface area contributed by atoms with Crippen molar-refractivity contribution in [2.45, 2.75) is 25.8 Å². The van der Waals surface area contributed by atoms with Crippen molar-refractivity contribution in [2.75, 3.05) is 13.1 Å². The summed E-state index contributed by atoms with van der Waals surface area (Å²) in [6.45, 7) is 2.95. The van der Waals surface area contributed by atoms with Gasteiger partial charge >= 0.3 is 0 Å². The summed E-state index contributed by atoms with van der Waals surface area (Å²) in [6, 6.07) is 0. The van der Waals surface area contributed by atoms with Crippen LogP contribution in [0.25, 0.3) is 0 Å². The summed E-state index contributed by atoms with van der Waals surface area (Å²) in [6.07, 6.45) is 4.47. The molecule has 1 fully saturated rings. The highest BCUT2D eigenvalue weighted by molar-refractivity contribution is 7.15. The van der Waals surface area contributed by atoms with Gasteiger partial charge in [0.25, 0.3) is 0 Å². The Labute approximate surface area is 110 Å². The van der Waals surface area contributed by atoms with E-state index in [1.54, 1.807) is 0 Å². The van der Waals surface area contributed by atoms with Crippen molar-refractivity contribution >= 4 is 28.8 Å². The molecule has 1 aliphatic heterocycles. The predicted octanol–water partition coefficient (Wildman–Crippen LogP) is 1.88. The molecule has 0 radical (unpaired) electrons. The van der Waals surface area contributed by atoms with Crippen LogP contribution in [-0.4, -0.2) is 28.9 Å². The van der Waals surface area contributed by atoms with Crippen LogP contribution >= 0.6 is 22.9 Å². The van der Waals surface area contributed by atoms with Gasteiger partial charge in [-0.25, -0.2) is 4.98 Å². The third kappa shape index (κ3) is 3.94. The van der Waals surface area contributed by atoms with Crippen molar-refractivity contribution in [2.24, 2.45) is 11.7 Å². The highest BCUT2D eigenvalue weighted by Gasteiger charge is 2.20. The number of primary amides is 1. The predicted molar refractivity (Wildman–Crippen MR) is 68.9 cm³/mol. The molecule has 0 aliphatic carbocycles. The second kappa shape index (κ2) is 5.80. The highest BCUT2D eigenvalue weighted by atomic mass is 35.5. The lowest BCUT2D eigenvalue weighted by atomic mass is 9.93. The van der Waals surface area contributed by atoms with E-state index in [1.165, 1.54) is 16.2 Å². The molecule has 2 heterocycles. The maximum absolute atomic E-state index is 10.8. The molecule has 2 rings (SSSR count). The zero-order valence-corrected chi connectivity index (χ0v) is 11.1. The summed E-state index contributed by atoms with van der Waals surface area (Å²) in [5.74, 6) is 0.284. The fourth-order valence-electron chi connectivity index (χ4n) is 2.21. The number of hydrogen-bond donors (Lipinski definition) is 1. The van der Waals surface area contributed by atoms with Crippen LogP contribution in [-0.2, 0) is 11.3 Å². The second-order valence-corrected chi connectivity index (χ2v) is 6.17. The van der Waals surface area contributed by atoms with Crippen LogP contribution in [0.5, 0.6) is 0 Å². The van der Waals surface area contributed by atoms with E-state index in [0.717, 1.165) is 32.5 Å². The molecule has 94 valence electrons. The molecule has 1 amide bonds. The van der Waals surface area contributed by atoms with Crippen LogP contribution in [0.1, 0.15) is 24.1 Å². The van der Waals surface area contributed by atoms with Crippen molar-refractivity contribution in [1.82, 2.24) is 9.88 Å². The van der Waals surface area contributed by atoms with Crippen LogP contribution in [0.3, 0.4) is 0 Å². The quantitative estimate of drug-likeness (QED) is 0.911. The van der Waals surface area contributed by atoms with Gasteiger partial charge in [-0.2, -0.15) is 0 Å². The molecule has 6 heteroatoms. The number of carbonyl (C=O) groups is 1. The van der Waals surface area contributed by atoms with Gasteiger partial charge in [0.15, 0.2) is 4.47 Å². The molecular weight excluding hydrogens is 258 g/mol. The number of nitrogens with two attached hydrogens (primary N) is 1. The Morgan fingerprint density at radius 1 is 1.59 bits per heavy atom. The Morgan fingerprint density at radius 3 is 2.82 bits per heavy atom. The van der Waals surface area contributed by atoms with Crippen LogP contribution in [0, 0.1) is 5.92 Å². The molecule has 17 heavy (non-hydrogen) atoms. The largest absolute Gasteiger partial charge is 0.370 e. The van der Waals surface area contributed by atoms with Crippen LogP contribution in [0.15, 0.2) is 6.20 Å². The SMILES string of the molecule is NC(=O)CC1CCN(Cc2cnc(Cl)s2)CC1. The zero-order chi connectivity index (χ0) is 12.3. The highest BCUT2D eigenvalue weighted by Crippen LogP contribution is 2.24. The van der Waals surface area contributed by atoms with Crippen LogP contribution in [0.4, 0.5) is 0 Å². The van der Waals surface area contributed by atoms with Crippen LogP contribution < -0.4 is 5.73 Å². The van der Waals surface area contributed by atoms with E-state index < -0.39 is 0 Å². The molecule has 2 N–H and O–H groups in total. The number of halogens is 1. The zero-order valence-electron chi connectivity index (χ0n) is 9.56. The molecule has 0 unspecified atom stereocenters. The van der Waals surface area contributed by atoms with E-state index in [9.17, 15) is 4.79 Å². The molecule has 4 nitrogen and oxygen atoms in total. The van der Waals surface area contributed by atoms with Gasteiger partial charge in [0, 0.05) is 24.0 Å². The van der Waals surface area contributed by atoms with E-state index in [2.05, 4.69) is 9.88 Å². The molecule has 0 atom stereocenters. The topological polar surface area (TPSA) is 59.2 Å². The molecule has 0 saturated carbocycles. The van der Waals surface area contributed by atoms with Gasteiger partial charge in [0.1, 0.15) is 0 Å². The van der Waals surface area contributed by atoms with E-state index in [0.29, 0.717) is 16.8 Å². The van der Waals surface area contributed by atoms with E-state index in [4.69, 9.17) is 17.3 Å². The molecule has 0 aromatic carbocycles. The summed E-state index contributed by atoms with van der Waals surface area (Å²) in [5, 5.41) is 0. The minimum Gasteiger partial charge on any atom is -0.370 e. The van der Waals surface area contributed by atoms with Gasteiger partial charge in [-0.15, -0.1) is 11.3 Å². The Morgan fingerprint density at radius 2 is 2.29 bits per heavy atom. The third-order valence-corrected chi connectivity index (χ3v) is 4.20. The first-order valence-electron chi connectivity index (χ1n) is 5.74. The molecule has 1 aliphatic rings. The summed E-state index contributed by atoms with van der Waals surface area (Å²) < 4.78 is 0.601. The Bertz CT molecular complexity index is 388. The first-order chi connectivity index (χ1) is 8.13. The number of amides is 1. The molecule has 1 saturated heterocycles. The molecule has 0 spiro atoms. The maximum Gasteiger partial charge on any atom is 0.217 e. The molecule has 0 bridgehead atoms. The summed E-state index contributed by atoms with van der Waals surface area (Å²) in [4.78, 5) is 18.4. The Balaban J connectivity index is 1.77.